The van der Waals surface area contributed by atoms with E-state index in [0.717, 1.165) is 22.3 Å². The van der Waals surface area contributed by atoms with Crippen molar-refractivity contribution in [1.82, 2.24) is 19.9 Å². The van der Waals surface area contributed by atoms with Crippen LogP contribution in [0.2, 0.25) is 0 Å². The van der Waals surface area contributed by atoms with E-state index in [1.54, 1.807) is 24.5 Å². The molecule has 0 aliphatic heterocycles. The van der Waals surface area contributed by atoms with Crippen LogP contribution in [0.3, 0.4) is 0 Å². The molecule has 2 N–H and O–H groups in total. The number of nitrogens with one attached hydrogen (secondary N) is 1. The molecule has 0 radical (unpaired) electrons. The zero-order chi connectivity index (χ0) is 25.7. The fourth-order valence-electron chi connectivity index (χ4n) is 4.19. The van der Waals surface area contributed by atoms with Crippen molar-refractivity contribution in [2.75, 3.05) is 0 Å². The molecule has 0 saturated heterocycles. The first-order valence-corrected chi connectivity index (χ1v) is 11.7. The highest BCUT2D eigenvalue weighted by Crippen LogP contribution is 2.27. The van der Waals surface area contributed by atoms with Crippen LogP contribution in [0.25, 0.3) is 11.3 Å². The van der Waals surface area contributed by atoms with Crippen LogP contribution in [0, 0.1) is 26.7 Å². The molecule has 2 atom stereocenters. The summed E-state index contributed by atoms with van der Waals surface area (Å²) in [5, 5.41) is 12.4. The molecule has 2 heterocycles. The number of aromatic nitrogens is 3. The van der Waals surface area contributed by atoms with Crippen molar-refractivity contribution in [3.63, 3.8) is 0 Å². The summed E-state index contributed by atoms with van der Waals surface area (Å²) in [5.74, 6) is -1.21. The number of carboxylic acids is 1. The third kappa shape index (κ3) is 6.41. The van der Waals surface area contributed by atoms with Gasteiger partial charge >= 0.3 is 5.97 Å². The molecule has 3 aromatic rings. The van der Waals surface area contributed by atoms with Gasteiger partial charge in [0.15, 0.2) is 5.82 Å². The van der Waals surface area contributed by atoms with Crippen LogP contribution in [0.5, 0.6) is 0 Å². The summed E-state index contributed by atoms with van der Waals surface area (Å²) in [6.07, 6.45) is 3.20. The van der Waals surface area contributed by atoms with Crippen LogP contribution in [0.15, 0.2) is 53.6 Å². The van der Waals surface area contributed by atoms with Gasteiger partial charge in [-0.3, -0.25) is 14.4 Å². The number of benzene rings is 1. The van der Waals surface area contributed by atoms with Crippen molar-refractivity contribution in [2.24, 2.45) is 5.92 Å². The van der Waals surface area contributed by atoms with Crippen LogP contribution in [0.1, 0.15) is 61.3 Å². The second-order valence-electron chi connectivity index (χ2n) is 9.32. The van der Waals surface area contributed by atoms with Gasteiger partial charge in [0.25, 0.3) is 5.56 Å². The van der Waals surface area contributed by atoms with Crippen molar-refractivity contribution in [2.45, 2.75) is 59.5 Å². The van der Waals surface area contributed by atoms with Crippen LogP contribution in [-0.2, 0) is 9.59 Å². The number of carbonyl (C=O) groups is 2. The molecule has 1 amide bonds. The molecule has 0 aliphatic carbocycles. The lowest BCUT2D eigenvalue weighted by atomic mass is 9.99. The Hall–Kier alpha value is -3.81. The molecule has 8 nitrogen and oxygen atoms in total. The van der Waals surface area contributed by atoms with Gasteiger partial charge in [-0.15, -0.1) is 0 Å². The number of amides is 1. The molecule has 0 bridgehead atoms. The SMILES string of the molecule is Cc1ccn([C@H](CC(C)C)C(=O)N[C@@H](CC(=O)O)c2nccc(-c3c(C)cccc3C)n2)c(=O)c1. The number of hydrogen-bond donors (Lipinski definition) is 2. The highest BCUT2D eigenvalue weighted by Gasteiger charge is 2.28. The average Bonchev–Trinajstić information content (AvgIpc) is 2.77. The summed E-state index contributed by atoms with van der Waals surface area (Å²) in [4.78, 5) is 46.7. The van der Waals surface area contributed by atoms with E-state index in [0.29, 0.717) is 12.1 Å². The summed E-state index contributed by atoms with van der Waals surface area (Å²) in [6.45, 7) is 9.70. The largest absolute Gasteiger partial charge is 0.481 e. The summed E-state index contributed by atoms with van der Waals surface area (Å²) in [5.41, 5.74) is 4.18. The third-order valence-electron chi connectivity index (χ3n) is 5.86. The van der Waals surface area contributed by atoms with Gasteiger partial charge in [-0.1, -0.05) is 32.0 Å². The number of carboxylic acid groups (broad SMARTS) is 1. The molecule has 184 valence electrons. The van der Waals surface area contributed by atoms with E-state index in [4.69, 9.17) is 0 Å². The first-order valence-electron chi connectivity index (χ1n) is 11.7. The molecule has 2 aromatic heterocycles. The summed E-state index contributed by atoms with van der Waals surface area (Å²) in [7, 11) is 0. The Kier molecular flexibility index (Phi) is 8.17. The number of nitrogens with zero attached hydrogens (tertiary/aromatic N) is 3. The van der Waals surface area contributed by atoms with E-state index < -0.39 is 24.0 Å². The smallest absolute Gasteiger partial charge is 0.305 e. The summed E-state index contributed by atoms with van der Waals surface area (Å²) in [6, 6.07) is 9.20. The van der Waals surface area contributed by atoms with Gasteiger partial charge in [0.05, 0.1) is 18.2 Å². The van der Waals surface area contributed by atoms with Crippen LogP contribution < -0.4 is 10.9 Å². The fraction of sp³-hybridized carbons (Fsp3) is 0.370. The van der Waals surface area contributed by atoms with Crippen LogP contribution in [0.4, 0.5) is 0 Å². The lowest BCUT2D eigenvalue weighted by molar-refractivity contribution is -0.138. The summed E-state index contributed by atoms with van der Waals surface area (Å²) < 4.78 is 1.40. The molecular formula is C27H32N4O4. The minimum absolute atomic E-state index is 0.125. The van der Waals surface area contributed by atoms with Crippen molar-refractivity contribution in [3.05, 3.63) is 81.7 Å². The number of hydrogen-bond acceptors (Lipinski definition) is 5. The van der Waals surface area contributed by atoms with Gasteiger partial charge in [-0.05, 0) is 61.9 Å². The van der Waals surface area contributed by atoms with Crippen molar-refractivity contribution in [1.29, 1.82) is 0 Å². The Balaban J connectivity index is 1.98. The Labute approximate surface area is 205 Å². The normalized spacial score (nSPS) is 12.9. The maximum absolute atomic E-state index is 13.4. The Morgan fingerprint density at radius 2 is 1.77 bits per heavy atom. The average molecular weight is 477 g/mol. The second-order valence-corrected chi connectivity index (χ2v) is 9.32. The van der Waals surface area contributed by atoms with Crippen LogP contribution in [-0.4, -0.2) is 31.5 Å². The van der Waals surface area contributed by atoms with Crippen molar-refractivity contribution in [3.8, 4) is 11.3 Å². The number of carbonyl (C=O) groups excluding carboxylic acids is 1. The van der Waals surface area contributed by atoms with Crippen molar-refractivity contribution >= 4 is 11.9 Å². The van der Waals surface area contributed by atoms with E-state index >= 15 is 0 Å². The molecule has 3 rings (SSSR count). The maximum atomic E-state index is 13.4. The molecular weight excluding hydrogens is 444 g/mol. The van der Waals surface area contributed by atoms with E-state index in [2.05, 4.69) is 15.3 Å². The minimum Gasteiger partial charge on any atom is -0.481 e. The number of aryl methyl sites for hydroxylation is 3. The van der Waals surface area contributed by atoms with Crippen LogP contribution >= 0.6 is 0 Å². The van der Waals surface area contributed by atoms with E-state index in [-0.39, 0.29) is 23.7 Å². The molecule has 0 fully saturated rings. The van der Waals surface area contributed by atoms with E-state index in [9.17, 15) is 19.5 Å². The second kappa shape index (κ2) is 11.1. The fourth-order valence-corrected chi connectivity index (χ4v) is 4.19. The predicted octanol–water partition coefficient (Wildman–Crippen LogP) is 4.15. The number of pyridine rings is 1. The van der Waals surface area contributed by atoms with Gasteiger partial charge < -0.3 is 15.0 Å². The van der Waals surface area contributed by atoms with Crippen molar-refractivity contribution < 1.29 is 14.7 Å². The monoisotopic (exact) mass is 476 g/mol. The van der Waals surface area contributed by atoms with Gasteiger partial charge in [0.1, 0.15) is 6.04 Å². The topological polar surface area (TPSA) is 114 Å². The van der Waals surface area contributed by atoms with E-state index in [1.165, 1.54) is 10.6 Å². The molecule has 0 unspecified atom stereocenters. The lowest BCUT2D eigenvalue weighted by Gasteiger charge is -2.24. The first kappa shape index (κ1) is 25.8. The third-order valence-corrected chi connectivity index (χ3v) is 5.86. The zero-order valence-electron chi connectivity index (χ0n) is 20.8. The van der Waals surface area contributed by atoms with E-state index in [1.807, 2.05) is 52.8 Å². The zero-order valence-corrected chi connectivity index (χ0v) is 20.8. The highest BCUT2D eigenvalue weighted by atomic mass is 16.4. The number of aliphatic carboxylic acids is 1. The standard InChI is InChI=1S/C27H32N4O4/c1-16(2)13-22(31-12-10-17(3)14-23(31)32)27(35)30-21(15-24(33)34)26-28-11-9-20(29-26)25-18(4)7-6-8-19(25)5/h6-12,14,16,21-22H,13,15H2,1-5H3,(H,30,35)(H,33,34)/t21-,22+/m0/s1. The molecule has 35 heavy (non-hydrogen) atoms. The quantitative estimate of drug-likeness (QED) is 0.480. The number of rotatable bonds is 9. The molecule has 1 aromatic carbocycles. The summed E-state index contributed by atoms with van der Waals surface area (Å²) >= 11 is 0. The maximum Gasteiger partial charge on any atom is 0.305 e. The highest BCUT2D eigenvalue weighted by molar-refractivity contribution is 5.81. The lowest BCUT2D eigenvalue weighted by Crippen LogP contribution is -2.40. The molecule has 8 heteroatoms. The predicted molar refractivity (Wildman–Crippen MR) is 134 cm³/mol. The Bertz CT molecular complexity index is 1260. The Morgan fingerprint density at radius 1 is 1.09 bits per heavy atom. The molecule has 0 aliphatic rings. The van der Waals surface area contributed by atoms with Gasteiger partial charge in [0, 0.05) is 24.0 Å². The first-order chi connectivity index (χ1) is 16.6. The minimum atomic E-state index is -1.09. The molecule has 0 saturated carbocycles. The molecule has 0 spiro atoms. The van der Waals surface area contributed by atoms with Gasteiger partial charge in [-0.25, -0.2) is 9.97 Å². The van der Waals surface area contributed by atoms with Gasteiger partial charge in [0.2, 0.25) is 5.91 Å². The Morgan fingerprint density at radius 3 is 2.37 bits per heavy atom. The van der Waals surface area contributed by atoms with Gasteiger partial charge in [-0.2, -0.15) is 0 Å².